The first kappa shape index (κ1) is 27.3. The van der Waals surface area contributed by atoms with E-state index in [1.54, 1.807) is 4.90 Å². The maximum atomic E-state index is 12.4. The summed E-state index contributed by atoms with van der Waals surface area (Å²) in [5.74, 6) is -1.14. The van der Waals surface area contributed by atoms with Gasteiger partial charge in [0.25, 0.3) is 5.95 Å². The molecule has 2 N–H and O–H groups in total. The molecule has 1 aliphatic heterocycles. The summed E-state index contributed by atoms with van der Waals surface area (Å²) < 4.78 is 81.8. The number of rotatable bonds is 8. The Kier molecular flexibility index (Phi) is 7.96. The monoisotopic (exact) mass is 556 g/mol. The number of carbonyl (C=O) groups excluding carboxylic acids is 1. The van der Waals surface area contributed by atoms with Crippen molar-refractivity contribution < 1.29 is 40.6 Å². The van der Waals surface area contributed by atoms with E-state index in [0.29, 0.717) is 24.3 Å². The Hall–Kier alpha value is -4.70. The van der Waals surface area contributed by atoms with E-state index in [4.69, 9.17) is 0 Å². The fourth-order valence-corrected chi connectivity index (χ4v) is 3.25. The van der Waals surface area contributed by atoms with Crippen LogP contribution in [0.1, 0.15) is 5.56 Å². The zero-order valence-electron chi connectivity index (χ0n) is 19.6. The number of hydrogen-bond donors (Lipinski definition) is 2. The summed E-state index contributed by atoms with van der Waals surface area (Å²) in [6.45, 7) is 0.680. The van der Waals surface area contributed by atoms with Gasteiger partial charge in [-0.3, -0.25) is 4.79 Å². The van der Waals surface area contributed by atoms with E-state index in [1.807, 2.05) is 0 Å². The molecule has 0 bridgehead atoms. The fraction of sp³-hybridized carbons (Fsp3) is 0.273. The van der Waals surface area contributed by atoms with Crippen LogP contribution >= 0.6 is 0 Å². The number of halogens is 6. The third-order valence-electron chi connectivity index (χ3n) is 4.85. The Morgan fingerprint density at radius 2 is 1.51 bits per heavy atom. The van der Waals surface area contributed by atoms with Gasteiger partial charge < -0.3 is 25.0 Å². The summed E-state index contributed by atoms with van der Waals surface area (Å²) in [4.78, 5) is 26.0. The lowest BCUT2D eigenvalue weighted by molar-refractivity contribution is -0.275. The van der Waals surface area contributed by atoms with Gasteiger partial charge in [-0.25, -0.2) is 0 Å². The molecule has 0 aliphatic carbocycles. The van der Waals surface area contributed by atoms with Gasteiger partial charge in [-0.1, -0.05) is 12.1 Å². The number of hydrogen-bond acceptors (Lipinski definition) is 10. The van der Waals surface area contributed by atoms with Crippen molar-refractivity contribution in [2.45, 2.75) is 19.3 Å². The number of azo groups is 1. The molecule has 206 valence electrons. The highest BCUT2D eigenvalue weighted by Crippen LogP contribution is 2.26. The minimum atomic E-state index is -4.84. The molecule has 11 nitrogen and oxygen atoms in total. The molecule has 0 spiro atoms. The molecular weight excluding hydrogens is 538 g/mol. The first-order chi connectivity index (χ1) is 18.4. The summed E-state index contributed by atoms with van der Waals surface area (Å²) in [5.41, 5.74) is 0.844. The van der Waals surface area contributed by atoms with Gasteiger partial charge in [-0.05, 0) is 42.0 Å². The second kappa shape index (κ2) is 11.4. The molecule has 0 unspecified atom stereocenters. The van der Waals surface area contributed by atoms with Crippen LogP contribution in [-0.4, -0.2) is 53.2 Å². The van der Waals surface area contributed by atoms with Crippen LogP contribution in [0, 0.1) is 0 Å². The van der Waals surface area contributed by atoms with E-state index in [-0.39, 0.29) is 42.6 Å². The molecule has 0 radical (unpaired) electrons. The van der Waals surface area contributed by atoms with Gasteiger partial charge in [0.05, 0.1) is 13.1 Å². The zero-order valence-corrected chi connectivity index (χ0v) is 19.6. The third-order valence-corrected chi connectivity index (χ3v) is 4.85. The lowest BCUT2D eigenvalue weighted by atomic mass is 10.2. The van der Waals surface area contributed by atoms with Crippen molar-refractivity contribution in [2.75, 3.05) is 29.9 Å². The molecule has 4 rings (SSSR count). The lowest BCUT2D eigenvalue weighted by Crippen LogP contribution is -2.48. The smallest absolute Gasteiger partial charge is 0.406 e. The molecule has 2 aromatic carbocycles. The maximum Gasteiger partial charge on any atom is 0.573 e. The van der Waals surface area contributed by atoms with Crippen molar-refractivity contribution in [1.29, 1.82) is 0 Å². The Balaban J connectivity index is 1.51. The number of benzene rings is 2. The topological polar surface area (TPSA) is 126 Å². The number of anilines is 3. The molecule has 1 fully saturated rings. The van der Waals surface area contributed by atoms with Gasteiger partial charge in [0.15, 0.2) is 0 Å². The number of amides is 1. The molecule has 1 amide bonds. The molecule has 2 heterocycles. The Morgan fingerprint density at radius 1 is 0.897 bits per heavy atom. The Bertz CT molecular complexity index is 1320. The second-order valence-electron chi connectivity index (χ2n) is 7.82. The molecule has 0 atom stereocenters. The SMILES string of the molecule is O=C1CN(c2nc(N=NCc3ccc(OC(F)(F)F)cc3)nc(Nc3ccc(OC(F)(F)F)cc3)n2)CCN1. The van der Waals surface area contributed by atoms with Crippen LogP contribution in [0.4, 0.5) is 49.9 Å². The number of piperazine rings is 1. The Morgan fingerprint density at radius 3 is 2.10 bits per heavy atom. The van der Waals surface area contributed by atoms with E-state index < -0.39 is 18.5 Å². The highest BCUT2D eigenvalue weighted by atomic mass is 19.4. The number of aromatic nitrogens is 3. The summed E-state index contributed by atoms with van der Waals surface area (Å²) in [6, 6.07) is 9.84. The van der Waals surface area contributed by atoms with Crippen LogP contribution in [0.3, 0.4) is 0 Å². The van der Waals surface area contributed by atoms with Crippen molar-refractivity contribution in [3.8, 4) is 11.5 Å². The zero-order chi connectivity index (χ0) is 28.0. The quantitative estimate of drug-likeness (QED) is 0.304. The third kappa shape index (κ3) is 8.68. The standard InChI is InChI=1S/C22H18F6N8O3/c23-21(24,25)38-15-5-1-13(2-6-15)11-30-35-19-32-18(33-20(34-19)36-10-9-29-17(37)12-36)31-14-3-7-16(8-4-14)39-22(26,27)28/h1-8H,9-12H2,(H,29,37)(H,31,32,33,34). The molecule has 17 heteroatoms. The van der Waals surface area contributed by atoms with Gasteiger partial charge in [0.1, 0.15) is 11.5 Å². The molecule has 3 aromatic rings. The summed E-state index contributed by atoms with van der Waals surface area (Å²) in [6.07, 6.45) is -9.64. The van der Waals surface area contributed by atoms with Crippen LogP contribution in [0.25, 0.3) is 0 Å². The summed E-state index contributed by atoms with van der Waals surface area (Å²) in [5, 5.41) is 13.4. The predicted octanol–water partition coefficient (Wildman–Crippen LogP) is 4.63. The first-order valence-corrected chi connectivity index (χ1v) is 11.0. The van der Waals surface area contributed by atoms with E-state index in [9.17, 15) is 31.1 Å². The van der Waals surface area contributed by atoms with E-state index in [2.05, 4.69) is 45.3 Å². The fourth-order valence-electron chi connectivity index (χ4n) is 3.25. The lowest BCUT2D eigenvalue weighted by Gasteiger charge is -2.26. The number of ether oxygens (including phenoxy) is 2. The number of nitrogens with zero attached hydrogens (tertiary/aromatic N) is 6. The van der Waals surface area contributed by atoms with E-state index >= 15 is 0 Å². The minimum absolute atomic E-state index is 0.0249. The van der Waals surface area contributed by atoms with Crippen molar-refractivity contribution in [3.05, 3.63) is 54.1 Å². The van der Waals surface area contributed by atoms with Crippen molar-refractivity contribution in [1.82, 2.24) is 20.3 Å². The Labute approximate surface area is 215 Å². The van der Waals surface area contributed by atoms with Crippen LogP contribution in [0.2, 0.25) is 0 Å². The summed E-state index contributed by atoms with van der Waals surface area (Å²) >= 11 is 0. The molecular formula is C22H18F6N8O3. The van der Waals surface area contributed by atoms with Crippen LogP contribution < -0.4 is 25.0 Å². The minimum Gasteiger partial charge on any atom is -0.406 e. The van der Waals surface area contributed by atoms with Crippen molar-refractivity contribution >= 4 is 29.4 Å². The van der Waals surface area contributed by atoms with Crippen molar-refractivity contribution in [2.24, 2.45) is 10.2 Å². The summed E-state index contributed by atoms with van der Waals surface area (Å²) in [7, 11) is 0. The van der Waals surface area contributed by atoms with Crippen LogP contribution in [0.15, 0.2) is 58.8 Å². The second-order valence-corrected chi connectivity index (χ2v) is 7.82. The van der Waals surface area contributed by atoms with E-state index in [1.165, 1.54) is 24.3 Å². The van der Waals surface area contributed by atoms with Gasteiger partial charge in [-0.15, -0.1) is 31.5 Å². The number of nitrogens with one attached hydrogen (secondary N) is 2. The normalized spacial score (nSPS) is 14.3. The number of alkyl halides is 6. The average Bonchev–Trinajstić information content (AvgIpc) is 2.84. The number of carbonyl (C=O) groups is 1. The van der Waals surface area contributed by atoms with Gasteiger partial charge >= 0.3 is 12.7 Å². The predicted molar refractivity (Wildman–Crippen MR) is 123 cm³/mol. The average molecular weight is 556 g/mol. The highest BCUT2D eigenvalue weighted by Gasteiger charge is 2.31. The van der Waals surface area contributed by atoms with Gasteiger partial charge in [-0.2, -0.15) is 20.1 Å². The maximum absolute atomic E-state index is 12.4. The molecule has 39 heavy (non-hydrogen) atoms. The first-order valence-electron chi connectivity index (χ1n) is 11.0. The van der Waals surface area contributed by atoms with Gasteiger partial charge in [0.2, 0.25) is 17.8 Å². The molecule has 0 saturated carbocycles. The van der Waals surface area contributed by atoms with Crippen molar-refractivity contribution in [3.63, 3.8) is 0 Å². The molecule has 1 aliphatic rings. The van der Waals surface area contributed by atoms with E-state index in [0.717, 1.165) is 24.3 Å². The largest absolute Gasteiger partial charge is 0.573 e. The van der Waals surface area contributed by atoms with Crippen LogP contribution in [-0.2, 0) is 11.3 Å². The highest BCUT2D eigenvalue weighted by molar-refractivity contribution is 5.82. The van der Waals surface area contributed by atoms with Gasteiger partial charge in [0, 0.05) is 18.8 Å². The molecule has 1 saturated heterocycles. The molecule has 1 aromatic heterocycles. The van der Waals surface area contributed by atoms with Crippen LogP contribution in [0.5, 0.6) is 11.5 Å².